The van der Waals surface area contributed by atoms with Crippen LogP contribution >= 0.6 is 0 Å². The fourth-order valence-corrected chi connectivity index (χ4v) is 7.14. The summed E-state index contributed by atoms with van der Waals surface area (Å²) in [6, 6.07) is 3.90. The standard InChI is InChI=1S/C24H29NO4S/c1-4-5-18-12-16(2)22(17(3)13-18)23-20(26)14-24(15-21(23)27)8-10-25(11-9-24)30(28,29)19-6-7-19/h12-13,19,23H,6-11,14-15H2,1-3H3. The Hall–Kier alpha value is -1.97. The van der Waals surface area contributed by atoms with E-state index in [0.717, 1.165) is 35.1 Å². The maximum atomic E-state index is 13.2. The molecule has 0 N–H and O–H groups in total. The first kappa shape index (κ1) is 21.3. The number of nitrogens with zero attached hydrogens (tertiary/aromatic N) is 1. The highest BCUT2D eigenvalue weighted by atomic mass is 32.2. The number of hydrogen-bond donors (Lipinski definition) is 0. The van der Waals surface area contributed by atoms with E-state index in [1.54, 1.807) is 11.2 Å². The van der Waals surface area contributed by atoms with E-state index in [-0.39, 0.29) is 22.2 Å². The second kappa shape index (κ2) is 7.62. The Morgan fingerprint density at radius 1 is 1.00 bits per heavy atom. The molecule has 160 valence electrons. The third-order valence-corrected chi connectivity index (χ3v) is 9.38. The number of ketones is 2. The SMILES string of the molecule is CC#Cc1cc(C)c(C2C(=O)CC3(CCN(S(=O)(=O)C4CC4)CC3)CC2=O)c(C)c1. The van der Waals surface area contributed by atoms with E-state index >= 15 is 0 Å². The largest absolute Gasteiger partial charge is 0.299 e. The first-order valence-electron chi connectivity index (χ1n) is 10.8. The molecule has 0 amide bonds. The van der Waals surface area contributed by atoms with Crippen molar-refractivity contribution in [1.82, 2.24) is 4.31 Å². The Morgan fingerprint density at radius 2 is 1.53 bits per heavy atom. The van der Waals surface area contributed by atoms with E-state index in [9.17, 15) is 18.0 Å². The van der Waals surface area contributed by atoms with Crippen LogP contribution in [0, 0.1) is 31.1 Å². The number of rotatable bonds is 3. The second-order valence-corrected chi connectivity index (χ2v) is 11.5. The van der Waals surface area contributed by atoms with Crippen LogP contribution in [0.2, 0.25) is 0 Å². The summed E-state index contributed by atoms with van der Waals surface area (Å²) in [5.74, 6) is 5.18. The molecule has 2 aliphatic carbocycles. The molecule has 1 heterocycles. The molecule has 0 aromatic heterocycles. The zero-order valence-electron chi connectivity index (χ0n) is 18.0. The maximum absolute atomic E-state index is 13.2. The van der Waals surface area contributed by atoms with Crippen molar-refractivity contribution in [2.24, 2.45) is 5.41 Å². The summed E-state index contributed by atoms with van der Waals surface area (Å²) in [6.45, 7) is 6.51. The molecule has 1 aromatic rings. The first-order chi connectivity index (χ1) is 14.2. The average molecular weight is 428 g/mol. The summed E-state index contributed by atoms with van der Waals surface area (Å²) in [5, 5.41) is -0.211. The highest BCUT2D eigenvalue weighted by Crippen LogP contribution is 2.47. The summed E-state index contributed by atoms with van der Waals surface area (Å²) in [6.07, 6.45) is 3.40. The molecule has 6 heteroatoms. The lowest BCUT2D eigenvalue weighted by Crippen LogP contribution is -2.49. The molecule has 4 rings (SSSR count). The van der Waals surface area contributed by atoms with Crippen LogP contribution < -0.4 is 0 Å². The van der Waals surface area contributed by atoms with Gasteiger partial charge in [0.25, 0.3) is 0 Å². The zero-order valence-corrected chi connectivity index (χ0v) is 18.8. The minimum atomic E-state index is -3.19. The predicted octanol–water partition coefficient (Wildman–Crippen LogP) is 3.26. The number of carbonyl (C=O) groups is 2. The van der Waals surface area contributed by atoms with Crippen molar-refractivity contribution in [1.29, 1.82) is 0 Å². The van der Waals surface area contributed by atoms with E-state index in [4.69, 9.17) is 0 Å². The zero-order chi connectivity index (χ0) is 21.7. The molecular weight excluding hydrogens is 398 g/mol. The minimum absolute atomic E-state index is 0.0229. The quantitative estimate of drug-likeness (QED) is 0.548. The van der Waals surface area contributed by atoms with Crippen molar-refractivity contribution in [3.63, 3.8) is 0 Å². The van der Waals surface area contributed by atoms with Gasteiger partial charge in [-0.25, -0.2) is 12.7 Å². The molecule has 1 aliphatic heterocycles. The van der Waals surface area contributed by atoms with Gasteiger partial charge in [-0.15, -0.1) is 5.92 Å². The van der Waals surface area contributed by atoms with Crippen molar-refractivity contribution in [2.75, 3.05) is 13.1 Å². The number of Topliss-reactive ketones (excluding diaryl/α,β-unsaturated/α-hetero) is 2. The summed E-state index contributed by atoms with van der Waals surface area (Å²) < 4.78 is 26.6. The summed E-state index contributed by atoms with van der Waals surface area (Å²) in [7, 11) is -3.19. The Morgan fingerprint density at radius 3 is 2.00 bits per heavy atom. The molecule has 3 aliphatic rings. The summed E-state index contributed by atoms with van der Waals surface area (Å²) in [5.41, 5.74) is 3.21. The molecule has 1 spiro atoms. The average Bonchev–Trinajstić information content (AvgIpc) is 3.50. The molecular formula is C24H29NO4S. The number of aryl methyl sites for hydroxylation is 2. The highest BCUT2D eigenvalue weighted by Gasteiger charge is 2.50. The van der Waals surface area contributed by atoms with E-state index in [1.807, 2.05) is 26.0 Å². The van der Waals surface area contributed by atoms with Gasteiger partial charge in [-0.2, -0.15) is 0 Å². The lowest BCUT2D eigenvalue weighted by atomic mass is 9.63. The lowest BCUT2D eigenvalue weighted by molar-refractivity contribution is -0.138. The molecule has 0 atom stereocenters. The lowest BCUT2D eigenvalue weighted by Gasteiger charge is -2.44. The number of carbonyl (C=O) groups excluding carboxylic acids is 2. The monoisotopic (exact) mass is 427 g/mol. The molecule has 0 unspecified atom stereocenters. The maximum Gasteiger partial charge on any atom is 0.216 e. The minimum Gasteiger partial charge on any atom is -0.299 e. The fourth-order valence-electron chi connectivity index (χ4n) is 5.30. The molecule has 0 bridgehead atoms. The molecule has 5 nitrogen and oxygen atoms in total. The van der Waals surface area contributed by atoms with Crippen LogP contribution in [0.1, 0.15) is 73.6 Å². The highest BCUT2D eigenvalue weighted by molar-refractivity contribution is 7.90. The van der Waals surface area contributed by atoms with Crippen molar-refractivity contribution >= 4 is 21.6 Å². The molecule has 30 heavy (non-hydrogen) atoms. The number of hydrogen-bond acceptors (Lipinski definition) is 4. The van der Waals surface area contributed by atoms with Crippen LogP contribution in [0.15, 0.2) is 12.1 Å². The van der Waals surface area contributed by atoms with Crippen LogP contribution in [0.25, 0.3) is 0 Å². The van der Waals surface area contributed by atoms with Crippen LogP contribution in [0.3, 0.4) is 0 Å². The van der Waals surface area contributed by atoms with Gasteiger partial charge in [-0.05, 0) is 80.7 Å². The topological polar surface area (TPSA) is 71.5 Å². The van der Waals surface area contributed by atoms with Gasteiger partial charge >= 0.3 is 0 Å². The summed E-state index contributed by atoms with van der Waals surface area (Å²) >= 11 is 0. The predicted molar refractivity (Wildman–Crippen MR) is 116 cm³/mol. The van der Waals surface area contributed by atoms with Gasteiger partial charge in [0.2, 0.25) is 10.0 Å². The number of piperidine rings is 1. The van der Waals surface area contributed by atoms with E-state index in [1.165, 1.54) is 0 Å². The van der Waals surface area contributed by atoms with E-state index in [0.29, 0.717) is 38.8 Å². The van der Waals surface area contributed by atoms with E-state index < -0.39 is 15.9 Å². The third-order valence-electron chi connectivity index (χ3n) is 6.98. The van der Waals surface area contributed by atoms with Gasteiger partial charge < -0.3 is 0 Å². The Balaban J connectivity index is 1.53. The van der Waals surface area contributed by atoms with E-state index in [2.05, 4.69) is 11.8 Å². The summed E-state index contributed by atoms with van der Waals surface area (Å²) in [4.78, 5) is 26.4. The van der Waals surface area contributed by atoms with Gasteiger partial charge in [0.05, 0.1) is 5.25 Å². The fraction of sp³-hybridized carbons (Fsp3) is 0.583. The molecule has 0 radical (unpaired) electrons. The van der Waals surface area contributed by atoms with Gasteiger partial charge in [-0.1, -0.05) is 5.92 Å². The Labute approximate surface area is 179 Å². The number of sulfonamides is 1. The normalized spacial score (nSPS) is 22.8. The molecule has 3 fully saturated rings. The van der Waals surface area contributed by atoms with Gasteiger partial charge in [-0.3, -0.25) is 9.59 Å². The second-order valence-electron chi connectivity index (χ2n) is 9.26. The van der Waals surface area contributed by atoms with Crippen LogP contribution in [-0.4, -0.2) is 42.6 Å². The Kier molecular flexibility index (Phi) is 5.40. The van der Waals surface area contributed by atoms with Crippen molar-refractivity contribution in [3.05, 3.63) is 34.4 Å². The van der Waals surface area contributed by atoms with Gasteiger partial charge in [0, 0.05) is 31.5 Å². The van der Waals surface area contributed by atoms with Crippen molar-refractivity contribution in [2.45, 2.75) is 70.5 Å². The Bertz CT molecular complexity index is 1020. The molecule has 1 aromatic carbocycles. The van der Waals surface area contributed by atoms with Crippen LogP contribution in [-0.2, 0) is 19.6 Å². The first-order valence-corrected chi connectivity index (χ1v) is 12.3. The third kappa shape index (κ3) is 3.74. The van der Waals surface area contributed by atoms with Crippen LogP contribution in [0.5, 0.6) is 0 Å². The molecule has 1 saturated heterocycles. The molecule has 2 saturated carbocycles. The number of benzene rings is 1. The van der Waals surface area contributed by atoms with Crippen LogP contribution in [0.4, 0.5) is 0 Å². The van der Waals surface area contributed by atoms with Gasteiger partial charge in [0.1, 0.15) is 17.5 Å². The van der Waals surface area contributed by atoms with Crippen molar-refractivity contribution < 1.29 is 18.0 Å². The van der Waals surface area contributed by atoms with Gasteiger partial charge in [0.15, 0.2) is 0 Å². The smallest absolute Gasteiger partial charge is 0.216 e. The van der Waals surface area contributed by atoms with Crippen molar-refractivity contribution in [3.8, 4) is 11.8 Å².